The number of aromatic nitrogens is 1. The van der Waals surface area contributed by atoms with Crippen molar-refractivity contribution in [1.29, 1.82) is 0 Å². The van der Waals surface area contributed by atoms with Gasteiger partial charge in [-0.25, -0.2) is 14.7 Å². The molecule has 0 saturated carbocycles. The third-order valence-electron chi connectivity index (χ3n) is 2.67. The summed E-state index contributed by atoms with van der Waals surface area (Å²) >= 11 is 3.30. The van der Waals surface area contributed by atoms with E-state index in [4.69, 9.17) is 5.11 Å². The molecule has 1 amide bonds. The third kappa shape index (κ3) is 1.59. The Hall–Kier alpha value is -1.43. The molecule has 2 heterocycles. The minimum atomic E-state index is -1.06. The first-order valence-electron chi connectivity index (χ1n) is 4.68. The Morgan fingerprint density at radius 1 is 1.62 bits per heavy atom. The molecule has 1 aromatic rings. The largest absolute Gasteiger partial charge is 0.481 e. The van der Waals surface area contributed by atoms with Gasteiger partial charge in [0.2, 0.25) is 5.54 Å². The highest BCUT2D eigenvalue weighted by Crippen LogP contribution is 2.25. The number of carboxylic acid groups (broad SMARTS) is 1. The Morgan fingerprint density at radius 2 is 2.31 bits per heavy atom. The van der Waals surface area contributed by atoms with E-state index in [-0.39, 0.29) is 12.3 Å². The second-order valence-corrected chi connectivity index (χ2v) is 4.82. The maximum absolute atomic E-state index is 11.8. The number of nitrogens with zero attached hydrogens (tertiary/aromatic N) is 1. The van der Waals surface area contributed by atoms with E-state index in [2.05, 4.69) is 21.2 Å². The maximum Gasteiger partial charge on any atom is 0.356 e. The van der Waals surface area contributed by atoms with Gasteiger partial charge in [-0.2, -0.15) is 0 Å². The number of amides is 1. The molecule has 0 spiro atoms. The van der Waals surface area contributed by atoms with Crippen molar-refractivity contribution in [3.8, 4) is 0 Å². The number of aliphatic carboxylic acids is 1. The Balaban J connectivity index is 2.53. The fourth-order valence-electron chi connectivity index (χ4n) is 1.81. The lowest BCUT2D eigenvalue weighted by atomic mass is 9.98. The number of pyridine rings is 1. The molecule has 5 nitrogen and oxygen atoms in total. The highest BCUT2D eigenvalue weighted by Gasteiger charge is 2.51. The van der Waals surface area contributed by atoms with Crippen LogP contribution in [0.5, 0.6) is 0 Å². The van der Waals surface area contributed by atoms with E-state index < -0.39 is 11.5 Å². The normalized spacial score (nSPS) is 22.8. The first kappa shape index (κ1) is 11.1. The average Bonchev–Trinajstić information content (AvgIpc) is 2.40. The molecule has 1 aliphatic rings. The summed E-state index contributed by atoms with van der Waals surface area (Å²) in [6.45, 7) is 1.61. The number of carbonyl (C=O) groups is 2. The van der Waals surface area contributed by atoms with Crippen LogP contribution in [0.4, 0.5) is 5.82 Å². The minimum Gasteiger partial charge on any atom is -0.481 e. The zero-order valence-electron chi connectivity index (χ0n) is 8.53. The van der Waals surface area contributed by atoms with Crippen LogP contribution in [0.3, 0.4) is 0 Å². The Labute approximate surface area is 100 Å². The van der Waals surface area contributed by atoms with Gasteiger partial charge in [0, 0.05) is 6.07 Å². The predicted octanol–water partition coefficient (Wildman–Crippen LogP) is 0.879. The van der Waals surface area contributed by atoms with Gasteiger partial charge in [0.25, 0.3) is 5.82 Å². The zero-order chi connectivity index (χ0) is 11.9. The number of hydrogen-bond donors (Lipinski definition) is 2. The zero-order valence-corrected chi connectivity index (χ0v) is 10.1. The molecule has 6 heteroatoms. The van der Waals surface area contributed by atoms with Crippen molar-refractivity contribution in [3.63, 3.8) is 0 Å². The Morgan fingerprint density at radius 3 is 2.94 bits per heavy atom. The van der Waals surface area contributed by atoms with E-state index in [1.807, 2.05) is 0 Å². The highest BCUT2D eigenvalue weighted by atomic mass is 79.9. The van der Waals surface area contributed by atoms with Crippen LogP contribution < -0.4 is 9.88 Å². The van der Waals surface area contributed by atoms with Gasteiger partial charge >= 0.3 is 11.9 Å². The number of halogens is 1. The standard InChI is InChI=1S/C10H9BrN2O3/c1-10(4-8(14)15)9(16)12-7-3-2-6(11)5-13(7)10/h2-3,5H,4H2,1H3,(H,14,15)/p+1. The monoisotopic (exact) mass is 285 g/mol. The van der Waals surface area contributed by atoms with Crippen molar-refractivity contribution in [3.05, 3.63) is 22.8 Å². The van der Waals surface area contributed by atoms with Gasteiger partial charge in [0.1, 0.15) is 12.6 Å². The van der Waals surface area contributed by atoms with Crippen LogP contribution in [0.25, 0.3) is 0 Å². The van der Waals surface area contributed by atoms with Crippen LogP contribution in [0.1, 0.15) is 13.3 Å². The molecule has 0 aliphatic carbocycles. The summed E-state index contributed by atoms with van der Waals surface area (Å²) in [6.07, 6.45) is 1.46. The maximum atomic E-state index is 11.8. The van der Waals surface area contributed by atoms with E-state index >= 15 is 0 Å². The van der Waals surface area contributed by atoms with Crippen molar-refractivity contribution in [2.75, 3.05) is 5.32 Å². The molecule has 1 unspecified atom stereocenters. The molecule has 1 aliphatic heterocycles. The summed E-state index contributed by atoms with van der Waals surface area (Å²) in [7, 11) is 0. The summed E-state index contributed by atoms with van der Waals surface area (Å²) in [5, 5.41) is 11.5. The molecule has 0 fully saturated rings. The first-order valence-corrected chi connectivity index (χ1v) is 5.48. The van der Waals surface area contributed by atoms with Crippen molar-refractivity contribution in [1.82, 2.24) is 0 Å². The number of carboxylic acids is 1. The second-order valence-electron chi connectivity index (χ2n) is 3.90. The van der Waals surface area contributed by atoms with E-state index in [0.717, 1.165) is 4.47 Å². The van der Waals surface area contributed by atoms with Gasteiger partial charge in [-0.05, 0) is 28.9 Å². The third-order valence-corrected chi connectivity index (χ3v) is 3.14. The summed E-state index contributed by atoms with van der Waals surface area (Å²) in [4.78, 5) is 22.6. The molecular formula is C10H10BrN2O3+. The number of fused-ring (bicyclic) bond motifs is 1. The van der Waals surface area contributed by atoms with Crippen LogP contribution in [-0.2, 0) is 15.1 Å². The molecule has 2 N–H and O–H groups in total. The van der Waals surface area contributed by atoms with Gasteiger partial charge < -0.3 is 5.11 Å². The quantitative estimate of drug-likeness (QED) is 0.793. The SMILES string of the molecule is CC1(CC(=O)O)C(=O)Nc2ccc(Br)c[n+]21. The topological polar surface area (TPSA) is 70.3 Å². The fraction of sp³-hybridized carbons (Fsp3) is 0.300. The molecule has 0 bridgehead atoms. The number of nitrogens with one attached hydrogen (secondary N) is 1. The number of anilines is 1. The van der Waals surface area contributed by atoms with Gasteiger partial charge in [-0.15, -0.1) is 0 Å². The van der Waals surface area contributed by atoms with E-state index in [1.54, 1.807) is 29.8 Å². The molecule has 2 rings (SSSR count). The smallest absolute Gasteiger partial charge is 0.356 e. The highest BCUT2D eigenvalue weighted by molar-refractivity contribution is 9.10. The molecule has 84 valence electrons. The van der Waals surface area contributed by atoms with Crippen molar-refractivity contribution >= 4 is 33.6 Å². The lowest BCUT2D eigenvalue weighted by Gasteiger charge is -2.15. The molecule has 0 saturated heterocycles. The fourth-order valence-corrected chi connectivity index (χ4v) is 2.14. The Bertz CT molecular complexity index is 489. The lowest BCUT2D eigenvalue weighted by molar-refractivity contribution is -0.725. The number of rotatable bonds is 2. The van der Waals surface area contributed by atoms with Gasteiger partial charge in [-0.3, -0.25) is 4.79 Å². The molecular weight excluding hydrogens is 276 g/mol. The molecule has 0 radical (unpaired) electrons. The molecule has 1 atom stereocenters. The lowest BCUT2D eigenvalue weighted by Crippen LogP contribution is -2.55. The van der Waals surface area contributed by atoms with Crippen LogP contribution in [0.2, 0.25) is 0 Å². The van der Waals surface area contributed by atoms with Crippen molar-refractivity contribution in [2.24, 2.45) is 0 Å². The molecule has 1 aromatic heterocycles. The molecule has 0 aromatic carbocycles. The van der Waals surface area contributed by atoms with E-state index in [0.29, 0.717) is 5.82 Å². The average molecular weight is 286 g/mol. The van der Waals surface area contributed by atoms with Crippen molar-refractivity contribution in [2.45, 2.75) is 18.9 Å². The van der Waals surface area contributed by atoms with E-state index in [9.17, 15) is 9.59 Å². The van der Waals surface area contributed by atoms with Crippen LogP contribution in [0.15, 0.2) is 22.8 Å². The van der Waals surface area contributed by atoms with Crippen LogP contribution in [-0.4, -0.2) is 17.0 Å². The van der Waals surface area contributed by atoms with E-state index in [1.165, 1.54) is 0 Å². The number of hydrogen-bond acceptors (Lipinski definition) is 2. The minimum absolute atomic E-state index is 0.243. The van der Waals surface area contributed by atoms with Gasteiger partial charge in [0.05, 0.1) is 4.47 Å². The summed E-state index contributed by atoms with van der Waals surface area (Å²) in [5.74, 6) is -0.692. The van der Waals surface area contributed by atoms with Crippen LogP contribution >= 0.6 is 15.9 Å². The Kier molecular flexibility index (Phi) is 2.46. The molecule has 16 heavy (non-hydrogen) atoms. The van der Waals surface area contributed by atoms with Gasteiger partial charge in [-0.1, -0.05) is 0 Å². The van der Waals surface area contributed by atoms with Crippen LogP contribution in [0, 0.1) is 0 Å². The summed E-state index contributed by atoms with van der Waals surface area (Å²) in [6, 6.07) is 3.52. The van der Waals surface area contributed by atoms with Gasteiger partial charge in [0.15, 0.2) is 0 Å². The predicted molar refractivity (Wildman–Crippen MR) is 58.9 cm³/mol. The number of carbonyl (C=O) groups excluding carboxylic acids is 1. The second kappa shape index (κ2) is 3.55. The summed E-state index contributed by atoms with van der Waals surface area (Å²) in [5.41, 5.74) is -1.06. The summed E-state index contributed by atoms with van der Waals surface area (Å²) < 4.78 is 2.44. The first-order chi connectivity index (χ1) is 7.43. The van der Waals surface area contributed by atoms with Crippen molar-refractivity contribution < 1.29 is 19.3 Å².